The molecule has 1 amide bonds. The second-order valence-corrected chi connectivity index (χ2v) is 6.00. The number of pyridine rings is 1. The Morgan fingerprint density at radius 2 is 1.97 bits per heavy atom. The highest BCUT2D eigenvalue weighted by Crippen LogP contribution is 2.21. The number of rotatable bonds is 5. The number of nitriles is 1. The van der Waals surface area contributed by atoms with Gasteiger partial charge in [-0.2, -0.15) is 5.26 Å². The van der Waals surface area contributed by atoms with Crippen molar-refractivity contribution in [1.82, 2.24) is 4.57 Å². The summed E-state index contributed by atoms with van der Waals surface area (Å²) in [6, 6.07) is 13.9. The third-order valence-corrected chi connectivity index (χ3v) is 4.15. The number of aromatic nitrogens is 1. The monoisotopic (exact) mass is 392 g/mol. The number of hydrogen-bond donors (Lipinski definition) is 1. The molecule has 9 heteroatoms. The maximum atomic E-state index is 13.9. The largest absolute Gasteiger partial charge is 0.321 e. The third kappa shape index (κ3) is 4.17. The number of anilines is 1. The number of nitrogens with one attached hydrogen (secondary N) is 1. The van der Waals surface area contributed by atoms with Gasteiger partial charge in [0.25, 0.3) is 17.2 Å². The summed E-state index contributed by atoms with van der Waals surface area (Å²) >= 11 is 0. The molecule has 2 aromatic carbocycles. The molecular weight excluding hydrogens is 379 g/mol. The molecule has 0 saturated carbocycles. The van der Waals surface area contributed by atoms with E-state index in [2.05, 4.69) is 5.32 Å². The van der Waals surface area contributed by atoms with E-state index in [9.17, 15) is 29.4 Å². The number of carbonyl (C=O) groups excluding carboxylic acids is 1. The van der Waals surface area contributed by atoms with Gasteiger partial charge < -0.3 is 9.88 Å². The maximum Gasteiger partial charge on any atom is 0.270 e. The molecule has 0 aliphatic rings. The predicted molar refractivity (Wildman–Crippen MR) is 102 cm³/mol. The summed E-state index contributed by atoms with van der Waals surface area (Å²) < 4.78 is 15.0. The van der Waals surface area contributed by atoms with E-state index in [1.807, 2.05) is 0 Å². The van der Waals surface area contributed by atoms with Gasteiger partial charge in [0.2, 0.25) is 0 Å². The Labute approximate surface area is 163 Å². The molecule has 0 bridgehead atoms. The molecule has 0 spiro atoms. The second-order valence-electron chi connectivity index (χ2n) is 6.00. The second kappa shape index (κ2) is 8.14. The van der Waals surface area contributed by atoms with Crippen LogP contribution in [0, 0.1) is 27.3 Å². The average Bonchev–Trinajstić information content (AvgIpc) is 2.71. The Balaban J connectivity index is 1.89. The summed E-state index contributed by atoms with van der Waals surface area (Å²) in [5, 5.41) is 22.4. The number of non-ortho nitro benzene ring substituents is 1. The van der Waals surface area contributed by atoms with E-state index in [0.717, 1.165) is 12.1 Å². The van der Waals surface area contributed by atoms with E-state index in [4.69, 9.17) is 0 Å². The normalized spacial score (nSPS) is 10.2. The molecule has 0 aliphatic heterocycles. The Morgan fingerprint density at radius 3 is 2.66 bits per heavy atom. The van der Waals surface area contributed by atoms with Crippen LogP contribution >= 0.6 is 0 Å². The van der Waals surface area contributed by atoms with Crippen molar-refractivity contribution >= 4 is 17.3 Å². The lowest BCUT2D eigenvalue weighted by atomic mass is 10.1. The fourth-order valence-corrected chi connectivity index (χ4v) is 2.68. The number of nitro benzene ring substituents is 1. The molecule has 0 radical (unpaired) electrons. The molecule has 0 fully saturated rings. The van der Waals surface area contributed by atoms with Crippen LogP contribution in [0.15, 0.2) is 65.6 Å². The highest BCUT2D eigenvalue weighted by atomic mass is 19.1. The minimum atomic E-state index is -0.789. The van der Waals surface area contributed by atoms with Gasteiger partial charge >= 0.3 is 0 Å². The van der Waals surface area contributed by atoms with Crippen LogP contribution in [-0.4, -0.2) is 15.4 Å². The van der Waals surface area contributed by atoms with Gasteiger partial charge in [0.1, 0.15) is 17.4 Å². The van der Waals surface area contributed by atoms with Crippen molar-refractivity contribution in [1.29, 1.82) is 5.26 Å². The van der Waals surface area contributed by atoms with Gasteiger partial charge in [-0.25, -0.2) is 4.39 Å². The molecule has 1 heterocycles. The zero-order chi connectivity index (χ0) is 21.0. The molecule has 3 aromatic rings. The van der Waals surface area contributed by atoms with Crippen LogP contribution in [0.4, 0.5) is 15.8 Å². The van der Waals surface area contributed by atoms with Crippen molar-refractivity contribution in [3.63, 3.8) is 0 Å². The molecule has 0 unspecified atom stereocenters. The van der Waals surface area contributed by atoms with Crippen LogP contribution in [0.3, 0.4) is 0 Å². The van der Waals surface area contributed by atoms with Crippen molar-refractivity contribution in [3.05, 3.63) is 104 Å². The Kier molecular flexibility index (Phi) is 5.46. The van der Waals surface area contributed by atoms with Crippen LogP contribution in [0.2, 0.25) is 0 Å². The fraction of sp³-hybridized carbons (Fsp3) is 0.0500. The lowest BCUT2D eigenvalue weighted by Crippen LogP contribution is -2.29. The van der Waals surface area contributed by atoms with Crippen molar-refractivity contribution in [2.45, 2.75) is 6.54 Å². The number of nitrogens with zero attached hydrogens (tertiary/aromatic N) is 3. The quantitative estimate of drug-likeness (QED) is 0.529. The Hall–Kier alpha value is -4.32. The molecule has 1 aromatic heterocycles. The molecule has 0 atom stereocenters. The SMILES string of the molecule is N#Cc1cc([N+](=O)[O-])ccc1NC(=O)c1cccn(Cc2ccccc2F)c1=O. The number of nitro groups is 1. The third-order valence-electron chi connectivity index (χ3n) is 4.15. The van der Waals surface area contributed by atoms with Crippen LogP contribution in [0.5, 0.6) is 0 Å². The first-order valence-electron chi connectivity index (χ1n) is 8.33. The van der Waals surface area contributed by atoms with Gasteiger partial charge in [-0.05, 0) is 24.3 Å². The van der Waals surface area contributed by atoms with Gasteiger partial charge in [0.05, 0.1) is 22.7 Å². The first kappa shape index (κ1) is 19.4. The van der Waals surface area contributed by atoms with Crippen LogP contribution in [0.25, 0.3) is 0 Å². The van der Waals surface area contributed by atoms with E-state index in [1.165, 1.54) is 47.2 Å². The highest BCUT2D eigenvalue weighted by molar-refractivity contribution is 6.04. The summed E-state index contributed by atoms with van der Waals surface area (Å²) in [6.07, 6.45) is 1.43. The molecular formula is C20H13FN4O4. The number of hydrogen-bond acceptors (Lipinski definition) is 5. The minimum absolute atomic E-state index is 0.0343. The van der Waals surface area contributed by atoms with Crippen molar-refractivity contribution in [2.24, 2.45) is 0 Å². The van der Waals surface area contributed by atoms with Gasteiger partial charge in [-0.1, -0.05) is 18.2 Å². The van der Waals surface area contributed by atoms with E-state index in [-0.39, 0.29) is 34.6 Å². The molecule has 3 rings (SSSR count). The summed E-state index contributed by atoms with van der Waals surface area (Å²) in [5.74, 6) is -1.26. The van der Waals surface area contributed by atoms with Crippen molar-refractivity contribution in [3.8, 4) is 6.07 Å². The first-order chi connectivity index (χ1) is 13.9. The van der Waals surface area contributed by atoms with E-state index in [1.54, 1.807) is 12.1 Å². The molecule has 29 heavy (non-hydrogen) atoms. The average molecular weight is 392 g/mol. The lowest BCUT2D eigenvalue weighted by molar-refractivity contribution is -0.384. The van der Waals surface area contributed by atoms with Gasteiger partial charge in [-0.15, -0.1) is 0 Å². The van der Waals surface area contributed by atoms with Crippen molar-refractivity contribution < 1.29 is 14.1 Å². The van der Waals surface area contributed by atoms with Crippen LogP contribution in [-0.2, 0) is 6.54 Å². The number of halogens is 1. The Bertz CT molecular complexity index is 1210. The maximum absolute atomic E-state index is 13.9. The summed E-state index contributed by atoms with van der Waals surface area (Å²) in [7, 11) is 0. The Morgan fingerprint density at radius 1 is 1.21 bits per heavy atom. The zero-order valence-electron chi connectivity index (χ0n) is 14.8. The molecule has 8 nitrogen and oxygen atoms in total. The van der Waals surface area contributed by atoms with Crippen LogP contribution < -0.4 is 10.9 Å². The molecule has 0 aliphatic carbocycles. The van der Waals surface area contributed by atoms with Gasteiger partial charge in [0.15, 0.2) is 0 Å². The number of carbonyl (C=O) groups is 1. The van der Waals surface area contributed by atoms with E-state index >= 15 is 0 Å². The van der Waals surface area contributed by atoms with E-state index in [0.29, 0.717) is 0 Å². The lowest BCUT2D eigenvalue weighted by Gasteiger charge is -2.10. The molecule has 144 valence electrons. The van der Waals surface area contributed by atoms with Crippen LogP contribution in [0.1, 0.15) is 21.5 Å². The smallest absolute Gasteiger partial charge is 0.270 e. The number of benzene rings is 2. The fourth-order valence-electron chi connectivity index (χ4n) is 2.68. The minimum Gasteiger partial charge on any atom is -0.321 e. The molecule has 1 N–H and O–H groups in total. The van der Waals surface area contributed by atoms with Crippen molar-refractivity contribution in [2.75, 3.05) is 5.32 Å². The summed E-state index contributed by atoms with van der Waals surface area (Å²) in [5.41, 5.74) is -0.956. The summed E-state index contributed by atoms with van der Waals surface area (Å²) in [4.78, 5) is 35.3. The zero-order valence-corrected chi connectivity index (χ0v) is 14.8. The number of amides is 1. The van der Waals surface area contributed by atoms with E-state index < -0.39 is 22.2 Å². The summed E-state index contributed by atoms with van der Waals surface area (Å²) in [6.45, 7) is -0.0619. The standard InChI is InChI=1S/C20H13FN4O4/c21-17-6-2-1-4-13(17)12-24-9-3-5-16(20(24)27)19(26)23-18-8-7-15(25(28)29)10-14(18)11-22/h1-10H,12H2,(H,23,26). The first-order valence-corrected chi connectivity index (χ1v) is 8.33. The predicted octanol–water partition coefficient (Wildman–Crippen LogP) is 3.07. The molecule has 0 saturated heterocycles. The van der Waals surface area contributed by atoms with Gasteiger partial charge in [-0.3, -0.25) is 19.7 Å². The highest BCUT2D eigenvalue weighted by Gasteiger charge is 2.17. The topological polar surface area (TPSA) is 118 Å². The van der Waals surface area contributed by atoms with Gasteiger partial charge in [0, 0.05) is 23.9 Å².